The van der Waals surface area contributed by atoms with Crippen LogP contribution in [0.25, 0.3) is 0 Å². The van der Waals surface area contributed by atoms with Crippen LogP contribution in [0.15, 0.2) is 24.3 Å². The zero-order valence-electron chi connectivity index (χ0n) is 11.4. The maximum atomic E-state index is 12.8. The summed E-state index contributed by atoms with van der Waals surface area (Å²) in [6, 6.07) is 5.37. The molecule has 1 saturated heterocycles. The Kier molecular flexibility index (Phi) is 4.92. The average Bonchev–Trinajstić information content (AvgIpc) is 2.41. The number of carbonyl (C=O) groups is 1. The van der Waals surface area contributed by atoms with Gasteiger partial charge in [-0.15, -0.1) is 0 Å². The molecule has 8 heteroatoms. The minimum atomic E-state index is -3.46. The number of hydrogen-bond donors (Lipinski definition) is 1. The van der Waals surface area contributed by atoms with E-state index in [9.17, 15) is 17.6 Å². The van der Waals surface area contributed by atoms with Gasteiger partial charge in [-0.25, -0.2) is 12.8 Å². The number of piperazine rings is 1. The van der Waals surface area contributed by atoms with E-state index in [0.29, 0.717) is 18.7 Å². The lowest BCUT2D eigenvalue weighted by Gasteiger charge is -2.33. The lowest BCUT2D eigenvalue weighted by Crippen LogP contribution is -2.50. The largest absolute Gasteiger partial charge is 0.480 e. The Hall–Kier alpha value is -1.51. The zero-order chi connectivity index (χ0) is 15.5. The van der Waals surface area contributed by atoms with Gasteiger partial charge in [-0.05, 0) is 17.7 Å². The molecule has 0 bridgehead atoms. The van der Waals surface area contributed by atoms with E-state index >= 15 is 0 Å². The molecule has 0 unspecified atom stereocenters. The Morgan fingerprint density at radius 3 is 2.24 bits per heavy atom. The summed E-state index contributed by atoms with van der Waals surface area (Å²) in [6.45, 7) is 1.27. The fourth-order valence-corrected chi connectivity index (χ4v) is 3.76. The molecule has 1 fully saturated rings. The Labute approximate surface area is 122 Å². The van der Waals surface area contributed by atoms with Crippen molar-refractivity contribution in [3.05, 3.63) is 35.6 Å². The smallest absolute Gasteiger partial charge is 0.317 e. The van der Waals surface area contributed by atoms with Gasteiger partial charge in [0.15, 0.2) is 0 Å². The van der Waals surface area contributed by atoms with Crippen molar-refractivity contribution in [3.63, 3.8) is 0 Å². The van der Waals surface area contributed by atoms with E-state index in [4.69, 9.17) is 5.11 Å². The summed E-state index contributed by atoms with van der Waals surface area (Å²) >= 11 is 0. The number of aliphatic carboxylic acids is 1. The molecule has 2 rings (SSSR count). The first-order valence-electron chi connectivity index (χ1n) is 6.53. The molecular weight excluding hydrogens is 299 g/mol. The van der Waals surface area contributed by atoms with E-state index in [1.165, 1.54) is 28.6 Å². The maximum Gasteiger partial charge on any atom is 0.317 e. The van der Waals surface area contributed by atoms with E-state index in [-0.39, 0.29) is 25.4 Å². The van der Waals surface area contributed by atoms with Gasteiger partial charge in [-0.3, -0.25) is 9.69 Å². The van der Waals surface area contributed by atoms with Crippen molar-refractivity contribution in [1.29, 1.82) is 0 Å². The van der Waals surface area contributed by atoms with Crippen LogP contribution in [0.3, 0.4) is 0 Å². The van der Waals surface area contributed by atoms with Crippen LogP contribution in [-0.2, 0) is 20.6 Å². The highest BCUT2D eigenvalue weighted by molar-refractivity contribution is 7.88. The highest BCUT2D eigenvalue weighted by atomic mass is 32.2. The molecule has 0 radical (unpaired) electrons. The first-order chi connectivity index (χ1) is 9.87. The fourth-order valence-electron chi connectivity index (χ4n) is 2.24. The van der Waals surface area contributed by atoms with Crippen LogP contribution >= 0.6 is 0 Å². The molecule has 116 valence electrons. The maximum absolute atomic E-state index is 12.8. The van der Waals surface area contributed by atoms with Crippen LogP contribution in [0.5, 0.6) is 0 Å². The lowest BCUT2D eigenvalue weighted by molar-refractivity contribution is -0.138. The van der Waals surface area contributed by atoms with Gasteiger partial charge in [0.25, 0.3) is 0 Å². The van der Waals surface area contributed by atoms with E-state index < -0.39 is 21.8 Å². The van der Waals surface area contributed by atoms with Crippen LogP contribution < -0.4 is 0 Å². The van der Waals surface area contributed by atoms with Gasteiger partial charge in [-0.2, -0.15) is 4.31 Å². The van der Waals surface area contributed by atoms with Crippen LogP contribution in [0.4, 0.5) is 4.39 Å². The van der Waals surface area contributed by atoms with Gasteiger partial charge in [0.2, 0.25) is 10.0 Å². The summed E-state index contributed by atoms with van der Waals surface area (Å²) < 4.78 is 38.7. The summed E-state index contributed by atoms with van der Waals surface area (Å²) in [5.41, 5.74) is 0.532. The molecule has 21 heavy (non-hydrogen) atoms. The first-order valence-corrected chi connectivity index (χ1v) is 8.14. The summed E-state index contributed by atoms with van der Waals surface area (Å²) in [4.78, 5) is 12.3. The molecule has 1 aromatic rings. The van der Waals surface area contributed by atoms with Crippen LogP contribution in [0, 0.1) is 5.82 Å². The second-order valence-corrected chi connectivity index (χ2v) is 6.92. The number of hydrogen-bond acceptors (Lipinski definition) is 4. The van der Waals surface area contributed by atoms with Gasteiger partial charge in [0, 0.05) is 26.2 Å². The van der Waals surface area contributed by atoms with Crippen molar-refractivity contribution in [2.75, 3.05) is 32.7 Å². The predicted octanol–water partition coefficient (Wildman–Crippen LogP) is 0.358. The quantitative estimate of drug-likeness (QED) is 0.848. The molecule has 1 aliphatic heterocycles. The van der Waals surface area contributed by atoms with E-state index in [0.717, 1.165) is 0 Å². The summed E-state index contributed by atoms with van der Waals surface area (Å²) in [6.07, 6.45) is 0. The number of nitrogens with zero attached hydrogens (tertiary/aromatic N) is 2. The number of benzene rings is 1. The molecule has 0 atom stereocenters. The second-order valence-electron chi connectivity index (χ2n) is 4.95. The molecule has 0 aliphatic carbocycles. The Morgan fingerprint density at radius 2 is 1.71 bits per heavy atom. The average molecular weight is 316 g/mol. The van der Waals surface area contributed by atoms with Crippen molar-refractivity contribution in [2.24, 2.45) is 0 Å². The normalized spacial score (nSPS) is 17.8. The molecule has 0 amide bonds. The molecule has 6 nitrogen and oxygen atoms in total. The highest BCUT2D eigenvalue weighted by Crippen LogP contribution is 2.14. The predicted molar refractivity (Wildman–Crippen MR) is 74.7 cm³/mol. The Bertz CT molecular complexity index is 595. The molecule has 1 aliphatic rings. The second kappa shape index (κ2) is 6.50. The van der Waals surface area contributed by atoms with Gasteiger partial charge in [0.1, 0.15) is 5.82 Å². The van der Waals surface area contributed by atoms with Gasteiger partial charge < -0.3 is 5.11 Å². The molecule has 1 heterocycles. The van der Waals surface area contributed by atoms with Crippen LogP contribution in [0.1, 0.15) is 5.56 Å². The third-order valence-corrected chi connectivity index (χ3v) is 5.20. The van der Waals surface area contributed by atoms with Crippen molar-refractivity contribution < 1.29 is 22.7 Å². The van der Waals surface area contributed by atoms with E-state index in [1.54, 1.807) is 4.90 Å². The molecule has 1 N–H and O–H groups in total. The van der Waals surface area contributed by atoms with Crippen molar-refractivity contribution in [3.8, 4) is 0 Å². The minimum absolute atomic E-state index is 0.0775. The van der Waals surface area contributed by atoms with E-state index in [2.05, 4.69) is 0 Å². The summed E-state index contributed by atoms with van der Waals surface area (Å²) in [7, 11) is -3.46. The Morgan fingerprint density at radius 1 is 1.14 bits per heavy atom. The van der Waals surface area contributed by atoms with Crippen LogP contribution in [0.2, 0.25) is 0 Å². The highest BCUT2D eigenvalue weighted by Gasteiger charge is 2.27. The van der Waals surface area contributed by atoms with Gasteiger partial charge >= 0.3 is 5.97 Å². The molecule has 0 saturated carbocycles. The number of halogens is 1. The van der Waals surface area contributed by atoms with E-state index in [1.807, 2.05) is 0 Å². The third kappa shape index (κ3) is 4.48. The number of rotatable bonds is 5. The third-order valence-electron chi connectivity index (χ3n) is 3.35. The van der Waals surface area contributed by atoms with Gasteiger partial charge in [-0.1, -0.05) is 12.1 Å². The first kappa shape index (κ1) is 15.9. The molecule has 0 aromatic heterocycles. The van der Waals surface area contributed by atoms with Crippen molar-refractivity contribution >= 4 is 16.0 Å². The molecule has 1 aromatic carbocycles. The summed E-state index contributed by atoms with van der Waals surface area (Å²) in [5, 5.41) is 8.70. The summed E-state index contributed by atoms with van der Waals surface area (Å²) in [5.74, 6) is -1.50. The number of carboxylic acid groups (broad SMARTS) is 1. The fraction of sp³-hybridized carbons (Fsp3) is 0.462. The SMILES string of the molecule is O=C(O)CN1CCN(S(=O)(=O)Cc2ccc(F)cc2)CC1. The molecule has 0 spiro atoms. The van der Waals surface area contributed by atoms with Crippen molar-refractivity contribution in [2.45, 2.75) is 5.75 Å². The number of sulfonamides is 1. The van der Waals surface area contributed by atoms with Crippen molar-refractivity contribution in [1.82, 2.24) is 9.21 Å². The zero-order valence-corrected chi connectivity index (χ0v) is 12.2. The standard InChI is InChI=1S/C13H17FN2O4S/c14-12-3-1-11(2-4-12)10-21(19,20)16-7-5-15(6-8-16)9-13(17)18/h1-4H,5-10H2,(H,17,18). The topological polar surface area (TPSA) is 77.9 Å². The number of carboxylic acids is 1. The minimum Gasteiger partial charge on any atom is -0.480 e. The molecular formula is C13H17FN2O4S. The van der Waals surface area contributed by atoms with Gasteiger partial charge in [0.05, 0.1) is 12.3 Å². The van der Waals surface area contributed by atoms with Crippen LogP contribution in [-0.4, -0.2) is 61.4 Å². The Balaban J connectivity index is 1.95. The lowest BCUT2D eigenvalue weighted by atomic mass is 10.2. The monoisotopic (exact) mass is 316 g/mol.